The zero-order valence-corrected chi connectivity index (χ0v) is 7.84. The van der Waals surface area contributed by atoms with Crippen LogP contribution in [-0.4, -0.2) is 30.6 Å². The largest absolute Gasteiger partial charge is 0.327 e. The minimum Gasteiger partial charge on any atom is -0.327 e. The highest BCUT2D eigenvalue weighted by molar-refractivity contribution is 4.80. The summed E-state index contributed by atoms with van der Waals surface area (Å²) in [6.45, 7) is 3.77. The lowest BCUT2D eigenvalue weighted by Gasteiger charge is -2.21. The van der Waals surface area contributed by atoms with E-state index in [2.05, 4.69) is 4.90 Å². The molecule has 0 spiro atoms. The van der Waals surface area contributed by atoms with Gasteiger partial charge in [-0.3, -0.25) is 0 Å². The van der Waals surface area contributed by atoms with Gasteiger partial charge < -0.3 is 10.6 Å². The second-order valence-corrected chi connectivity index (χ2v) is 4.46. The SMILES string of the molecule is NC1CCCCN(CC2CC2)C1. The second kappa shape index (κ2) is 3.75. The summed E-state index contributed by atoms with van der Waals surface area (Å²) in [5, 5.41) is 0. The molecule has 1 aliphatic carbocycles. The molecule has 2 rings (SSSR count). The summed E-state index contributed by atoms with van der Waals surface area (Å²) in [6.07, 6.45) is 6.86. The molecule has 1 saturated heterocycles. The van der Waals surface area contributed by atoms with Crippen LogP contribution in [-0.2, 0) is 0 Å². The molecule has 1 atom stereocenters. The predicted octanol–water partition coefficient (Wildman–Crippen LogP) is 1.21. The normalized spacial score (nSPS) is 33.2. The maximum atomic E-state index is 5.98. The van der Waals surface area contributed by atoms with Crippen LogP contribution < -0.4 is 5.73 Å². The van der Waals surface area contributed by atoms with E-state index in [9.17, 15) is 0 Å². The van der Waals surface area contributed by atoms with Crippen LogP contribution in [0.25, 0.3) is 0 Å². The Hall–Kier alpha value is -0.0800. The molecule has 0 aromatic carbocycles. The highest BCUT2D eigenvalue weighted by atomic mass is 15.1. The Kier molecular flexibility index (Phi) is 2.66. The van der Waals surface area contributed by atoms with Gasteiger partial charge in [0.1, 0.15) is 0 Å². The predicted molar refractivity (Wildman–Crippen MR) is 51.0 cm³/mol. The summed E-state index contributed by atoms with van der Waals surface area (Å²) in [5.74, 6) is 1.02. The van der Waals surface area contributed by atoms with Crippen LogP contribution in [0.15, 0.2) is 0 Å². The maximum absolute atomic E-state index is 5.98. The fraction of sp³-hybridized carbons (Fsp3) is 1.00. The van der Waals surface area contributed by atoms with Crippen molar-refractivity contribution in [3.63, 3.8) is 0 Å². The molecule has 2 fully saturated rings. The van der Waals surface area contributed by atoms with Crippen molar-refractivity contribution < 1.29 is 0 Å². The third-order valence-corrected chi connectivity index (χ3v) is 3.01. The van der Waals surface area contributed by atoms with Crippen LogP contribution in [0.3, 0.4) is 0 Å². The van der Waals surface area contributed by atoms with Gasteiger partial charge in [0.05, 0.1) is 0 Å². The van der Waals surface area contributed by atoms with E-state index in [0.717, 1.165) is 12.5 Å². The van der Waals surface area contributed by atoms with E-state index < -0.39 is 0 Å². The van der Waals surface area contributed by atoms with Gasteiger partial charge in [0.25, 0.3) is 0 Å². The van der Waals surface area contributed by atoms with Crippen molar-refractivity contribution in [1.29, 1.82) is 0 Å². The van der Waals surface area contributed by atoms with Gasteiger partial charge in [-0.05, 0) is 38.1 Å². The summed E-state index contributed by atoms with van der Waals surface area (Å²) >= 11 is 0. The van der Waals surface area contributed by atoms with Gasteiger partial charge in [0.2, 0.25) is 0 Å². The van der Waals surface area contributed by atoms with Gasteiger partial charge in [0.15, 0.2) is 0 Å². The molecule has 12 heavy (non-hydrogen) atoms. The van der Waals surface area contributed by atoms with E-state index in [0.29, 0.717) is 6.04 Å². The van der Waals surface area contributed by atoms with E-state index in [-0.39, 0.29) is 0 Å². The van der Waals surface area contributed by atoms with Gasteiger partial charge in [-0.1, -0.05) is 6.42 Å². The van der Waals surface area contributed by atoms with Gasteiger partial charge in [0, 0.05) is 19.1 Å². The van der Waals surface area contributed by atoms with Gasteiger partial charge in [-0.2, -0.15) is 0 Å². The number of nitrogens with zero attached hydrogens (tertiary/aromatic N) is 1. The number of hydrogen-bond acceptors (Lipinski definition) is 2. The molecule has 2 nitrogen and oxygen atoms in total. The minimum atomic E-state index is 0.450. The van der Waals surface area contributed by atoms with E-state index >= 15 is 0 Å². The number of hydrogen-bond donors (Lipinski definition) is 1. The summed E-state index contributed by atoms with van der Waals surface area (Å²) in [6, 6.07) is 0.450. The lowest BCUT2D eigenvalue weighted by molar-refractivity contribution is 0.262. The summed E-state index contributed by atoms with van der Waals surface area (Å²) in [7, 11) is 0. The molecule has 2 N–H and O–H groups in total. The number of likely N-dealkylation sites (tertiary alicyclic amines) is 1. The molecule has 70 valence electrons. The summed E-state index contributed by atoms with van der Waals surface area (Å²) < 4.78 is 0. The quantitative estimate of drug-likeness (QED) is 0.671. The van der Waals surface area contributed by atoms with Crippen molar-refractivity contribution in [3.05, 3.63) is 0 Å². The zero-order valence-electron chi connectivity index (χ0n) is 7.84. The van der Waals surface area contributed by atoms with Crippen LogP contribution >= 0.6 is 0 Å². The van der Waals surface area contributed by atoms with E-state index in [1.54, 1.807) is 0 Å². The molecule has 2 aliphatic rings. The Bertz CT molecular complexity index is 143. The van der Waals surface area contributed by atoms with Crippen molar-refractivity contribution in [3.8, 4) is 0 Å². The topological polar surface area (TPSA) is 29.3 Å². The minimum absolute atomic E-state index is 0.450. The monoisotopic (exact) mass is 168 g/mol. The van der Waals surface area contributed by atoms with Crippen LogP contribution in [0.5, 0.6) is 0 Å². The third kappa shape index (κ3) is 2.46. The first kappa shape index (κ1) is 8.52. The lowest BCUT2D eigenvalue weighted by Crippen LogP contribution is -2.36. The van der Waals surface area contributed by atoms with E-state index in [4.69, 9.17) is 5.73 Å². The Labute approximate surface area is 75.1 Å². The Morgan fingerprint density at radius 1 is 1.17 bits per heavy atom. The van der Waals surface area contributed by atoms with Crippen molar-refractivity contribution >= 4 is 0 Å². The molecule has 2 heteroatoms. The Balaban J connectivity index is 1.77. The molecule has 1 saturated carbocycles. The van der Waals surface area contributed by atoms with Crippen molar-refractivity contribution in [2.24, 2.45) is 11.7 Å². The van der Waals surface area contributed by atoms with Crippen molar-refractivity contribution in [2.45, 2.75) is 38.1 Å². The molecule has 1 unspecified atom stereocenters. The average molecular weight is 168 g/mol. The van der Waals surface area contributed by atoms with Gasteiger partial charge in [-0.15, -0.1) is 0 Å². The molecule has 0 bridgehead atoms. The molecule has 1 heterocycles. The zero-order chi connectivity index (χ0) is 8.39. The van der Waals surface area contributed by atoms with E-state index in [1.807, 2.05) is 0 Å². The summed E-state index contributed by atoms with van der Waals surface area (Å²) in [4.78, 5) is 2.58. The van der Waals surface area contributed by atoms with Crippen LogP contribution in [0, 0.1) is 5.92 Å². The fourth-order valence-corrected chi connectivity index (χ4v) is 2.09. The van der Waals surface area contributed by atoms with Crippen LogP contribution in [0.2, 0.25) is 0 Å². The summed E-state index contributed by atoms with van der Waals surface area (Å²) in [5.41, 5.74) is 5.98. The number of nitrogens with two attached hydrogens (primary N) is 1. The standard InChI is InChI=1S/C10H20N2/c11-10-3-1-2-6-12(8-10)7-9-4-5-9/h9-10H,1-8,11H2. The molecular weight excluding hydrogens is 148 g/mol. The number of rotatable bonds is 2. The van der Waals surface area contributed by atoms with Gasteiger partial charge >= 0.3 is 0 Å². The first-order chi connectivity index (χ1) is 5.84. The molecule has 1 aliphatic heterocycles. The molecule has 0 radical (unpaired) electrons. The van der Waals surface area contributed by atoms with Crippen molar-refractivity contribution in [2.75, 3.05) is 19.6 Å². The first-order valence-corrected chi connectivity index (χ1v) is 5.32. The first-order valence-electron chi connectivity index (χ1n) is 5.32. The maximum Gasteiger partial charge on any atom is 0.0167 e. The van der Waals surface area contributed by atoms with Crippen LogP contribution in [0.4, 0.5) is 0 Å². The Morgan fingerprint density at radius 2 is 2.00 bits per heavy atom. The molecule has 0 aromatic heterocycles. The second-order valence-electron chi connectivity index (χ2n) is 4.46. The molecular formula is C10H20N2. The highest BCUT2D eigenvalue weighted by Crippen LogP contribution is 2.30. The average Bonchev–Trinajstić information content (AvgIpc) is 2.80. The third-order valence-electron chi connectivity index (χ3n) is 3.01. The Morgan fingerprint density at radius 3 is 2.75 bits per heavy atom. The van der Waals surface area contributed by atoms with Gasteiger partial charge in [-0.25, -0.2) is 0 Å². The van der Waals surface area contributed by atoms with E-state index in [1.165, 1.54) is 45.2 Å². The molecule has 0 amide bonds. The van der Waals surface area contributed by atoms with Crippen LogP contribution in [0.1, 0.15) is 32.1 Å². The lowest BCUT2D eigenvalue weighted by atomic mass is 10.2. The smallest absolute Gasteiger partial charge is 0.0167 e. The molecule has 0 aromatic rings. The fourth-order valence-electron chi connectivity index (χ4n) is 2.09. The highest BCUT2D eigenvalue weighted by Gasteiger charge is 2.25. The van der Waals surface area contributed by atoms with Crippen molar-refractivity contribution in [1.82, 2.24) is 4.90 Å².